The Morgan fingerprint density at radius 2 is 2.19 bits per heavy atom. The van der Waals surface area contributed by atoms with E-state index in [1.54, 1.807) is 18.5 Å². The summed E-state index contributed by atoms with van der Waals surface area (Å²) >= 11 is 0. The highest BCUT2D eigenvalue weighted by atomic mass is 16.2. The summed E-state index contributed by atoms with van der Waals surface area (Å²) < 4.78 is 0. The Balaban J connectivity index is 2.00. The van der Waals surface area contributed by atoms with Crippen LogP contribution in [0.1, 0.15) is 17.4 Å². The first-order valence-corrected chi connectivity index (χ1v) is 6.72. The summed E-state index contributed by atoms with van der Waals surface area (Å²) in [6.07, 6.45) is 3.22. The summed E-state index contributed by atoms with van der Waals surface area (Å²) in [6, 6.07) is 9.48. The normalized spacial score (nSPS) is 10.5. The maximum absolute atomic E-state index is 12.3. The number of aromatic amines is 1. The lowest BCUT2D eigenvalue weighted by molar-refractivity contribution is 0.102. The second-order valence-electron chi connectivity index (χ2n) is 4.49. The highest BCUT2D eigenvalue weighted by molar-refractivity contribution is 6.05. The molecule has 3 rings (SSSR count). The molecule has 0 atom stereocenters. The third-order valence-electron chi connectivity index (χ3n) is 3.05. The number of nitrogens with one attached hydrogen (secondary N) is 3. The van der Waals surface area contributed by atoms with Crippen molar-refractivity contribution < 1.29 is 4.79 Å². The number of aromatic nitrogens is 3. The van der Waals surface area contributed by atoms with Crippen LogP contribution >= 0.6 is 0 Å². The second kappa shape index (κ2) is 5.62. The molecule has 0 aliphatic heterocycles. The Hall–Kier alpha value is -2.89. The fourth-order valence-corrected chi connectivity index (χ4v) is 2.13. The van der Waals surface area contributed by atoms with E-state index in [0.29, 0.717) is 11.6 Å². The van der Waals surface area contributed by atoms with Crippen LogP contribution in [-0.4, -0.2) is 27.4 Å². The Labute approximate surface area is 121 Å². The molecular weight excluding hydrogens is 266 g/mol. The minimum Gasteiger partial charge on any atom is -0.385 e. The minimum atomic E-state index is -0.296. The molecule has 6 nitrogen and oxygen atoms in total. The summed E-state index contributed by atoms with van der Waals surface area (Å²) in [4.78, 5) is 23.5. The number of imidazole rings is 1. The third kappa shape index (κ3) is 2.69. The second-order valence-corrected chi connectivity index (χ2v) is 4.49. The van der Waals surface area contributed by atoms with Crippen LogP contribution in [0.15, 0.2) is 42.7 Å². The highest BCUT2D eigenvalue weighted by Crippen LogP contribution is 2.23. The Bertz CT molecular complexity index is 767. The molecule has 0 spiro atoms. The molecule has 2 aromatic heterocycles. The number of hydrogen-bond donors (Lipinski definition) is 3. The lowest BCUT2D eigenvalue weighted by Gasteiger charge is -2.10. The fraction of sp³-hybridized carbons (Fsp3) is 0.133. The monoisotopic (exact) mass is 281 g/mol. The van der Waals surface area contributed by atoms with Crippen molar-refractivity contribution >= 4 is 28.4 Å². The van der Waals surface area contributed by atoms with Crippen LogP contribution in [0.25, 0.3) is 10.9 Å². The maximum Gasteiger partial charge on any atom is 0.276 e. The number of amides is 1. The molecule has 0 aliphatic carbocycles. The third-order valence-corrected chi connectivity index (χ3v) is 3.05. The van der Waals surface area contributed by atoms with E-state index in [0.717, 1.165) is 23.1 Å². The van der Waals surface area contributed by atoms with Crippen LogP contribution in [0.2, 0.25) is 0 Å². The lowest BCUT2D eigenvalue weighted by Crippen LogP contribution is -2.15. The van der Waals surface area contributed by atoms with Gasteiger partial charge in [-0.2, -0.15) is 0 Å². The Kier molecular flexibility index (Phi) is 3.51. The Morgan fingerprint density at radius 3 is 2.95 bits per heavy atom. The SMILES string of the molecule is CCNc1cc(C(=O)Nc2ncc[nH]2)nc2ccccc12. The number of rotatable bonds is 4. The molecule has 1 aromatic carbocycles. The van der Waals surface area contributed by atoms with Crippen LogP contribution in [0, 0.1) is 0 Å². The molecule has 0 saturated heterocycles. The van der Waals surface area contributed by atoms with E-state index >= 15 is 0 Å². The number of carbonyl (C=O) groups is 1. The average Bonchev–Trinajstić information content (AvgIpc) is 3.00. The van der Waals surface area contributed by atoms with E-state index in [1.807, 2.05) is 31.2 Å². The maximum atomic E-state index is 12.3. The van der Waals surface area contributed by atoms with Gasteiger partial charge < -0.3 is 10.3 Å². The largest absolute Gasteiger partial charge is 0.385 e. The van der Waals surface area contributed by atoms with Gasteiger partial charge in [0.05, 0.1) is 5.52 Å². The van der Waals surface area contributed by atoms with Gasteiger partial charge >= 0.3 is 0 Å². The van der Waals surface area contributed by atoms with Crippen LogP contribution < -0.4 is 10.6 Å². The van der Waals surface area contributed by atoms with Gasteiger partial charge in [0.2, 0.25) is 5.95 Å². The standard InChI is InChI=1S/C15H15N5O/c1-2-16-12-9-13(14(21)20-15-17-7-8-18-15)19-11-6-4-3-5-10(11)12/h3-9H,2H2,1H3,(H,16,19)(H2,17,18,20,21). The molecular formula is C15H15N5O. The van der Waals surface area contributed by atoms with Gasteiger partial charge in [-0.25, -0.2) is 9.97 Å². The zero-order valence-electron chi connectivity index (χ0n) is 11.6. The summed E-state index contributed by atoms with van der Waals surface area (Å²) in [5.74, 6) is 0.106. The number of pyridine rings is 1. The molecule has 21 heavy (non-hydrogen) atoms. The van der Waals surface area contributed by atoms with Crippen LogP contribution in [0.4, 0.5) is 11.6 Å². The van der Waals surface area contributed by atoms with E-state index in [1.165, 1.54) is 0 Å². The first kappa shape index (κ1) is 13.1. The van der Waals surface area contributed by atoms with Crippen LogP contribution in [0.5, 0.6) is 0 Å². The molecule has 1 amide bonds. The molecule has 0 bridgehead atoms. The number of para-hydroxylation sites is 1. The van der Waals surface area contributed by atoms with Crippen LogP contribution in [-0.2, 0) is 0 Å². The van der Waals surface area contributed by atoms with Crippen molar-refractivity contribution in [3.05, 3.63) is 48.4 Å². The first-order chi connectivity index (χ1) is 10.3. The summed E-state index contributed by atoms with van der Waals surface area (Å²) in [6.45, 7) is 2.78. The summed E-state index contributed by atoms with van der Waals surface area (Å²) in [7, 11) is 0. The van der Waals surface area contributed by atoms with Crippen molar-refractivity contribution in [2.45, 2.75) is 6.92 Å². The van der Waals surface area contributed by atoms with Gasteiger partial charge in [-0.1, -0.05) is 18.2 Å². The summed E-state index contributed by atoms with van der Waals surface area (Å²) in [5, 5.41) is 6.93. The van der Waals surface area contributed by atoms with Gasteiger partial charge in [-0.3, -0.25) is 10.1 Å². The highest BCUT2D eigenvalue weighted by Gasteiger charge is 2.12. The van der Waals surface area contributed by atoms with Gasteiger partial charge in [0.15, 0.2) is 0 Å². The van der Waals surface area contributed by atoms with Gasteiger partial charge in [-0.15, -0.1) is 0 Å². The van der Waals surface area contributed by atoms with Crippen molar-refractivity contribution in [3.63, 3.8) is 0 Å². The smallest absolute Gasteiger partial charge is 0.276 e. The number of hydrogen-bond acceptors (Lipinski definition) is 4. The van der Waals surface area contributed by atoms with Gasteiger partial charge in [0.1, 0.15) is 5.69 Å². The minimum absolute atomic E-state index is 0.296. The van der Waals surface area contributed by atoms with Crippen LogP contribution in [0.3, 0.4) is 0 Å². The van der Waals surface area contributed by atoms with Crippen molar-refractivity contribution in [1.82, 2.24) is 15.0 Å². The topological polar surface area (TPSA) is 82.7 Å². The van der Waals surface area contributed by atoms with E-state index in [9.17, 15) is 4.79 Å². The quantitative estimate of drug-likeness (QED) is 0.686. The van der Waals surface area contributed by atoms with Gasteiger partial charge in [0.25, 0.3) is 5.91 Å². The zero-order chi connectivity index (χ0) is 14.7. The molecule has 0 saturated carbocycles. The fourth-order valence-electron chi connectivity index (χ4n) is 2.13. The number of fused-ring (bicyclic) bond motifs is 1. The average molecular weight is 281 g/mol. The number of carbonyl (C=O) groups excluding carboxylic acids is 1. The number of H-pyrrole nitrogens is 1. The van der Waals surface area contributed by atoms with Gasteiger partial charge in [-0.05, 0) is 19.1 Å². The Morgan fingerprint density at radius 1 is 1.33 bits per heavy atom. The predicted molar refractivity (Wildman–Crippen MR) is 82.4 cm³/mol. The zero-order valence-corrected chi connectivity index (χ0v) is 11.6. The number of anilines is 2. The molecule has 0 aliphatic rings. The van der Waals surface area contributed by atoms with E-state index < -0.39 is 0 Å². The van der Waals surface area contributed by atoms with Crippen molar-refractivity contribution in [3.8, 4) is 0 Å². The molecule has 3 aromatic rings. The first-order valence-electron chi connectivity index (χ1n) is 6.72. The number of nitrogens with zero attached hydrogens (tertiary/aromatic N) is 2. The van der Waals surface area contributed by atoms with E-state index in [4.69, 9.17) is 0 Å². The molecule has 6 heteroatoms. The van der Waals surface area contributed by atoms with Crippen molar-refractivity contribution in [2.75, 3.05) is 17.2 Å². The predicted octanol–water partition coefficient (Wildman–Crippen LogP) is 2.64. The lowest BCUT2D eigenvalue weighted by atomic mass is 10.1. The molecule has 0 unspecified atom stereocenters. The van der Waals surface area contributed by atoms with Gasteiger partial charge in [0, 0.05) is 30.0 Å². The molecule has 0 radical (unpaired) electrons. The molecule has 3 N–H and O–H groups in total. The summed E-state index contributed by atoms with van der Waals surface area (Å²) in [5.41, 5.74) is 2.02. The van der Waals surface area contributed by atoms with E-state index in [2.05, 4.69) is 25.6 Å². The van der Waals surface area contributed by atoms with E-state index in [-0.39, 0.29) is 5.91 Å². The molecule has 0 fully saturated rings. The molecule has 2 heterocycles. The number of benzene rings is 1. The van der Waals surface area contributed by atoms with Crippen molar-refractivity contribution in [1.29, 1.82) is 0 Å². The molecule has 106 valence electrons. The van der Waals surface area contributed by atoms with Crippen molar-refractivity contribution in [2.24, 2.45) is 0 Å².